The molecule has 1 aliphatic rings. The fourth-order valence-electron chi connectivity index (χ4n) is 2.76. The van der Waals surface area contributed by atoms with Gasteiger partial charge in [0.15, 0.2) is 0 Å². The third-order valence-electron chi connectivity index (χ3n) is 3.89. The molecule has 17 heavy (non-hydrogen) atoms. The zero-order valence-corrected chi connectivity index (χ0v) is 11.9. The van der Waals surface area contributed by atoms with Crippen LogP contribution in [0.4, 0.5) is 0 Å². The van der Waals surface area contributed by atoms with E-state index in [-0.39, 0.29) is 12.0 Å². The van der Waals surface area contributed by atoms with Crippen LogP contribution in [0.5, 0.6) is 0 Å². The Kier molecular flexibility index (Phi) is 5.90. The molecule has 0 bridgehead atoms. The van der Waals surface area contributed by atoms with Crippen LogP contribution >= 0.6 is 0 Å². The van der Waals surface area contributed by atoms with Gasteiger partial charge in [0.1, 0.15) is 0 Å². The summed E-state index contributed by atoms with van der Waals surface area (Å²) in [6.45, 7) is 9.54. The van der Waals surface area contributed by atoms with Crippen molar-refractivity contribution < 1.29 is 9.84 Å². The van der Waals surface area contributed by atoms with Crippen LogP contribution in [0.15, 0.2) is 0 Å². The van der Waals surface area contributed by atoms with Gasteiger partial charge >= 0.3 is 0 Å². The number of hydrogen-bond donors (Lipinski definition) is 1. The predicted octanol–water partition coefficient (Wildman–Crippen LogP) is 2.14. The van der Waals surface area contributed by atoms with Crippen LogP contribution in [-0.2, 0) is 4.74 Å². The lowest BCUT2D eigenvalue weighted by Crippen LogP contribution is -2.47. The molecule has 1 aliphatic heterocycles. The van der Waals surface area contributed by atoms with E-state index in [9.17, 15) is 5.11 Å². The maximum Gasteiger partial charge on any atom is 0.0556 e. The standard InChI is InChI=1S/C14H29NO2/c1-12(2)8-13(3)15(4)9-14(10-16)6-5-7-17-11-14/h12-13,16H,5-11H2,1-4H3. The molecule has 3 heteroatoms. The predicted molar refractivity (Wildman–Crippen MR) is 71.1 cm³/mol. The Labute approximate surface area is 106 Å². The van der Waals surface area contributed by atoms with Gasteiger partial charge in [-0.3, -0.25) is 0 Å². The van der Waals surface area contributed by atoms with E-state index in [0.29, 0.717) is 12.6 Å². The zero-order chi connectivity index (χ0) is 12.9. The average molecular weight is 243 g/mol. The van der Waals surface area contributed by atoms with Crippen molar-refractivity contribution >= 4 is 0 Å². The molecular formula is C14H29NO2. The van der Waals surface area contributed by atoms with E-state index in [1.165, 1.54) is 6.42 Å². The normalized spacial score (nSPS) is 27.7. The molecule has 2 unspecified atom stereocenters. The molecule has 3 nitrogen and oxygen atoms in total. The second kappa shape index (κ2) is 6.72. The van der Waals surface area contributed by atoms with E-state index in [2.05, 4.69) is 32.7 Å². The van der Waals surface area contributed by atoms with Crippen molar-refractivity contribution in [2.45, 2.75) is 46.1 Å². The Hall–Kier alpha value is -0.120. The van der Waals surface area contributed by atoms with Crippen molar-refractivity contribution in [1.29, 1.82) is 0 Å². The first-order valence-electron chi connectivity index (χ1n) is 6.88. The van der Waals surface area contributed by atoms with Gasteiger partial charge in [-0.1, -0.05) is 13.8 Å². The van der Waals surface area contributed by atoms with Crippen LogP contribution in [0.25, 0.3) is 0 Å². The molecule has 102 valence electrons. The quantitative estimate of drug-likeness (QED) is 0.776. The average Bonchev–Trinajstić information content (AvgIpc) is 2.29. The number of nitrogens with zero attached hydrogens (tertiary/aromatic N) is 1. The van der Waals surface area contributed by atoms with Gasteiger partial charge in [-0.25, -0.2) is 0 Å². The molecule has 0 amide bonds. The first kappa shape index (κ1) is 14.9. The van der Waals surface area contributed by atoms with E-state index in [1.54, 1.807) is 0 Å². The molecule has 0 aromatic heterocycles. The minimum absolute atomic E-state index is 0.0295. The lowest BCUT2D eigenvalue weighted by Gasteiger charge is -2.40. The highest BCUT2D eigenvalue weighted by atomic mass is 16.5. The molecule has 0 aromatic carbocycles. The third kappa shape index (κ3) is 4.57. The van der Waals surface area contributed by atoms with Gasteiger partial charge in [0, 0.05) is 24.6 Å². The highest BCUT2D eigenvalue weighted by Gasteiger charge is 2.34. The second-order valence-electron chi connectivity index (χ2n) is 6.21. The van der Waals surface area contributed by atoms with Crippen molar-refractivity contribution in [2.75, 3.05) is 33.4 Å². The van der Waals surface area contributed by atoms with Crippen molar-refractivity contribution in [2.24, 2.45) is 11.3 Å². The summed E-state index contributed by atoms with van der Waals surface area (Å²) in [6, 6.07) is 0.570. The highest BCUT2D eigenvalue weighted by molar-refractivity contribution is 4.85. The topological polar surface area (TPSA) is 32.7 Å². The molecule has 0 aliphatic carbocycles. The van der Waals surface area contributed by atoms with Crippen LogP contribution in [0.3, 0.4) is 0 Å². The lowest BCUT2D eigenvalue weighted by molar-refractivity contribution is -0.0569. The lowest BCUT2D eigenvalue weighted by atomic mass is 9.82. The highest BCUT2D eigenvalue weighted by Crippen LogP contribution is 2.29. The van der Waals surface area contributed by atoms with E-state index in [1.807, 2.05) is 0 Å². The van der Waals surface area contributed by atoms with Crippen molar-refractivity contribution in [1.82, 2.24) is 4.90 Å². The summed E-state index contributed by atoms with van der Waals surface area (Å²) in [6.07, 6.45) is 3.37. The first-order valence-corrected chi connectivity index (χ1v) is 6.88. The minimum Gasteiger partial charge on any atom is -0.396 e. The van der Waals surface area contributed by atoms with Crippen LogP contribution in [0.2, 0.25) is 0 Å². The molecule has 1 N–H and O–H groups in total. The molecule has 2 atom stereocenters. The molecule has 1 heterocycles. The smallest absolute Gasteiger partial charge is 0.0556 e. The Balaban J connectivity index is 2.49. The monoisotopic (exact) mass is 243 g/mol. The number of rotatable bonds is 6. The zero-order valence-electron chi connectivity index (χ0n) is 11.9. The summed E-state index contributed by atoms with van der Waals surface area (Å²) in [7, 11) is 2.17. The van der Waals surface area contributed by atoms with Gasteiger partial charge in [0.2, 0.25) is 0 Å². The summed E-state index contributed by atoms with van der Waals surface area (Å²) >= 11 is 0. The van der Waals surface area contributed by atoms with Gasteiger partial charge in [-0.15, -0.1) is 0 Å². The van der Waals surface area contributed by atoms with Crippen molar-refractivity contribution in [3.8, 4) is 0 Å². The Morgan fingerprint density at radius 2 is 2.06 bits per heavy atom. The largest absolute Gasteiger partial charge is 0.396 e. The van der Waals surface area contributed by atoms with Crippen LogP contribution in [0.1, 0.15) is 40.0 Å². The maximum absolute atomic E-state index is 9.65. The van der Waals surface area contributed by atoms with Crippen LogP contribution in [0, 0.1) is 11.3 Å². The molecule has 1 saturated heterocycles. The first-order chi connectivity index (χ1) is 7.99. The van der Waals surface area contributed by atoms with Gasteiger partial charge in [0.05, 0.1) is 13.2 Å². The number of aliphatic hydroxyl groups is 1. The van der Waals surface area contributed by atoms with Crippen LogP contribution in [-0.4, -0.2) is 49.5 Å². The molecule has 0 radical (unpaired) electrons. The Bertz CT molecular complexity index is 212. The van der Waals surface area contributed by atoms with E-state index >= 15 is 0 Å². The maximum atomic E-state index is 9.65. The van der Waals surface area contributed by atoms with Gasteiger partial charge < -0.3 is 14.7 Å². The van der Waals surface area contributed by atoms with E-state index < -0.39 is 0 Å². The number of ether oxygens (including phenoxy) is 1. The van der Waals surface area contributed by atoms with E-state index in [4.69, 9.17) is 4.74 Å². The molecule has 0 saturated carbocycles. The van der Waals surface area contributed by atoms with Gasteiger partial charge in [-0.05, 0) is 39.2 Å². The summed E-state index contributed by atoms with van der Waals surface area (Å²) in [5.41, 5.74) is -0.0295. The Morgan fingerprint density at radius 1 is 1.35 bits per heavy atom. The number of aliphatic hydroxyl groups excluding tert-OH is 1. The molecule has 0 spiro atoms. The molecular weight excluding hydrogens is 214 g/mol. The molecule has 0 aromatic rings. The van der Waals surface area contributed by atoms with Crippen molar-refractivity contribution in [3.63, 3.8) is 0 Å². The summed E-state index contributed by atoms with van der Waals surface area (Å²) in [5, 5.41) is 9.65. The summed E-state index contributed by atoms with van der Waals surface area (Å²) in [5.74, 6) is 0.722. The van der Waals surface area contributed by atoms with E-state index in [0.717, 1.165) is 31.9 Å². The minimum atomic E-state index is -0.0295. The Morgan fingerprint density at radius 3 is 2.53 bits per heavy atom. The van der Waals surface area contributed by atoms with Gasteiger partial charge in [0.25, 0.3) is 0 Å². The fourth-order valence-corrected chi connectivity index (χ4v) is 2.76. The second-order valence-corrected chi connectivity index (χ2v) is 6.21. The summed E-state index contributed by atoms with van der Waals surface area (Å²) < 4.78 is 5.55. The molecule has 1 fully saturated rings. The fraction of sp³-hybridized carbons (Fsp3) is 1.00. The summed E-state index contributed by atoms with van der Waals surface area (Å²) in [4.78, 5) is 2.38. The molecule has 1 rings (SSSR count). The van der Waals surface area contributed by atoms with Crippen LogP contribution < -0.4 is 0 Å². The van der Waals surface area contributed by atoms with Crippen molar-refractivity contribution in [3.05, 3.63) is 0 Å². The number of hydrogen-bond acceptors (Lipinski definition) is 3. The van der Waals surface area contributed by atoms with Gasteiger partial charge in [-0.2, -0.15) is 0 Å². The third-order valence-corrected chi connectivity index (χ3v) is 3.89. The SMILES string of the molecule is CC(C)CC(C)N(C)CC1(CO)CCCOC1.